The summed E-state index contributed by atoms with van der Waals surface area (Å²) in [5, 5.41) is 2.83. The lowest BCUT2D eigenvalue weighted by Gasteiger charge is -2.04. The summed E-state index contributed by atoms with van der Waals surface area (Å²) in [6.45, 7) is 7.77. The number of nitrogens with one attached hydrogen (secondary N) is 1. The van der Waals surface area contributed by atoms with Crippen LogP contribution in [0.25, 0.3) is 0 Å². The maximum Gasteiger partial charge on any atom is 0.246 e. The third-order valence-electron chi connectivity index (χ3n) is 3.58. The zero-order valence-electron chi connectivity index (χ0n) is 12.8. The van der Waals surface area contributed by atoms with Crippen molar-refractivity contribution >= 4 is 5.91 Å². The molecule has 0 unspecified atom stereocenters. The summed E-state index contributed by atoms with van der Waals surface area (Å²) < 4.78 is 2.08. The molecule has 0 atom stereocenters. The van der Waals surface area contributed by atoms with E-state index >= 15 is 0 Å². The van der Waals surface area contributed by atoms with Gasteiger partial charge < -0.3 is 9.88 Å². The van der Waals surface area contributed by atoms with Gasteiger partial charge in [-0.2, -0.15) is 0 Å². The summed E-state index contributed by atoms with van der Waals surface area (Å²) >= 11 is 0. The average molecular weight is 283 g/mol. The van der Waals surface area contributed by atoms with Crippen LogP contribution in [0.2, 0.25) is 0 Å². The maximum atomic E-state index is 11.6. The number of aromatic nitrogens is 2. The molecule has 110 valence electrons. The van der Waals surface area contributed by atoms with E-state index in [1.165, 1.54) is 5.56 Å². The number of carbonyl (C=O) groups excluding carboxylic acids is 1. The Morgan fingerprint density at radius 1 is 1.33 bits per heavy atom. The molecular weight excluding hydrogens is 262 g/mol. The maximum absolute atomic E-state index is 11.6. The van der Waals surface area contributed by atoms with Crippen molar-refractivity contribution in [3.05, 3.63) is 65.3 Å². The predicted molar refractivity (Wildman–Crippen MR) is 83.9 cm³/mol. The lowest BCUT2D eigenvalue weighted by atomic mass is 10.1. The van der Waals surface area contributed by atoms with Gasteiger partial charge in [0.25, 0.3) is 0 Å². The number of imidazole rings is 1. The molecule has 1 aromatic heterocycles. The minimum Gasteiger partial charge on any atom is -0.347 e. The number of amides is 1. The first-order valence-electron chi connectivity index (χ1n) is 6.97. The van der Waals surface area contributed by atoms with E-state index in [-0.39, 0.29) is 5.91 Å². The highest BCUT2D eigenvalue weighted by molar-refractivity contribution is 5.91. The van der Waals surface area contributed by atoms with Crippen molar-refractivity contribution < 1.29 is 4.79 Å². The van der Waals surface area contributed by atoms with E-state index < -0.39 is 0 Å². The van der Waals surface area contributed by atoms with Gasteiger partial charge in [0, 0.05) is 24.7 Å². The Hall–Kier alpha value is -2.36. The van der Waals surface area contributed by atoms with E-state index in [2.05, 4.69) is 33.6 Å². The zero-order chi connectivity index (χ0) is 15.4. The third kappa shape index (κ3) is 3.60. The lowest BCUT2D eigenvalue weighted by molar-refractivity contribution is -0.117. The molecular formula is C17H21N3O. The van der Waals surface area contributed by atoms with Gasteiger partial charge in [-0.05, 0) is 19.4 Å². The SMILES string of the molecule is C=C(C)C(=O)NCc1nc(Cc2ccccc2)n(C)c1C. The number of hydrogen-bond acceptors (Lipinski definition) is 2. The number of hydrogen-bond donors (Lipinski definition) is 1. The normalized spacial score (nSPS) is 10.4. The second-order valence-electron chi connectivity index (χ2n) is 5.24. The van der Waals surface area contributed by atoms with E-state index in [9.17, 15) is 4.79 Å². The largest absolute Gasteiger partial charge is 0.347 e. The molecule has 0 aliphatic heterocycles. The van der Waals surface area contributed by atoms with Crippen molar-refractivity contribution in [2.75, 3.05) is 0 Å². The smallest absolute Gasteiger partial charge is 0.246 e. The molecule has 4 heteroatoms. The standard InChI is InChI=1S/C17H21N3O/c1-12(2)17(21)18-11-15-13(3)20(4)16(19-15)10-14-8-6-5-7-9-14/h5-9H,1,10-11H2,2-4H3,(H,18,21). The fraction of sp³-hybridized carbons (Fsp3) is 0.294. The Morgan fingerprint density at radius 2 is 2.00 bits per heavy atom. The molecule has 1 aromatic carbocycles. The Bertz CT molecular complexity index is 656. The molecule has 2 rings (SSSR count). The summed E-state index contributed by atoms with van der Waals surface area (Å²) in [5.74, 6) is 0.864. The molecule has 0 spiro atoms. The van der Waals surface area contributed by atoms with Gasteiger partial charge in [-0.1, -0.05) is 36.9 Å². The van der Waals surface area contributed by atoms with Crippen molar-refractivity contribution in [1.29, 1.82) is 0 Å². The summed E-state index contributed by atoms with van der Waals surface area (Å²) in [6, 6.07) is 10.2. The first kappa shape index (κ1) is 15.0. The second-order valence-corrected chi connectivity index (χ2v) is 5.24. The molecule has 1 heterocycles. The van der Waals surface area contributed by atoms with Crippen LogP contribution >= 0.6 is 0 Å². The molecule has 0 fully saturated rings. The molecule has 0 radical (unpaired) electrons. The van der Waals surface area contributed by atoms with E-state index in [0.717, 1.165) is 23.6 Å². The Labute approximate surface area is 125 Å². The van der Waals surface area contributed by atoms with Crippen LogP contribution in [0.1, 0.15) is 29.7 Å². The van der Waals surface area contributed by atoms with Crippen molar-refractivity contribution in [2.24, 2.45) is 7.05 Å². The molecule has 1 N–H and O–H groups in total. The number of nitrogens with zero attached hydrogens (tertiary/aromatic N) is 2. The fourth-order valence-electron chi connectivity index (χ4n) is 2.12. The van der Waals surface area contributed by atoms with Crippen LogP contribution in [0.3, 0.4) is 0 Å². The van der Waals surface area contributed by atoms with Crippen LogP contribution in [0.15, 0.2) is 42.5 Å². The molecule has 4 nitrogen and oxygen atoms in total. The first-order valence-corrected chi connectivity index (χ1v) is 6.97. The van der Waals surface area contributed by atoms with Crippen LogP contribution in [0.4, 0.5) is 0 Å². The molecule has 0 aliphatic rings. The van der Waals surface area contributed by atoms with Crippen LogP contribution in [-0.4, -0.2) is 15.5 Å². The highest BCUT2D eigenvalue weighted by Crippen LogP contribution is 2.13. The van der Waals surface area contributed by atoms with E-state index in [0.29, 0.717) is 12.1 Å². The zero-order valence-corrected chi connectivity index (χ0v) is 12.8. The molecule has 21 heavy (non-hydrogen) atoms. The molecule has 2 aromatic rings. The quantitative estimate of drug-likeness (QED) is 0.857. The van der Waals surface area contributed by atoms with Crippen molar-refractivity contribution in [1.82, 2.24) is 14.9 Å². The van der Waals surface area contributed by atoms with Gasteiger partial charge in [-0.3, -0.25) is 4.79 Å². The summed E-state index contributed by atoms with van der Waals surface area (Å²) in [4.78, 5) is 16.2. The Kier molecular flexibility index (Phi) is 4.58. The monoisotopic (exact) mass is 283 g/mol. The minimum absolute atomic E-state index is 0.135. The highest BCUT2D eigenvalue weighted by Gasteiger charge is 2.12. The summed E-state index contributed by atoms with van der Waals surface area (Å²) in [5.41, 5.74) is 3.71. The number of carbonyl (C=O) groups is 1. The van der Waals surface area contributed by atoms with Gasteiger partial charge in [-0.15, -0.1) is 0 Å². The van der Waals surface area contributed by atoms with Crippen LogP contribution in [0.5, 0.6) is 0 Å². The number of rotatable bonds is 5. The van der Waals surface area contributed by atoms with E-state index in [4.69, 9.17) is 0 Å². The van der Waals surface area contributed by atoms with Gasteiger partial charge in [0.05, 0.1) is 12.2 Å². The molecule has 0 bridgehead atoms. The first-order chi connectivity index (χ1) is 9.99. The van der Waals surface area contributed by atoms with Gasteiger partial charge in [-0.25, -0.2) is 4.98 Å². The number of benzene rings is 1. The van der Waals surface area contributed by atoms with E-state index in [1.807, 2.05) is 32.2 Å². The average Bonchev–Trinajstić information content (AvgIpc) is 2.74. The van der Waals surface area contributed by atoms with Crippen LogP contribution < -0.4 is 5.32 Å². The summed E-state index contributed by atoms with van der Waals surface area (Å²) in [6.07, 6.45) is 0.784. The lowest BCUT2D eigenvalue weighted by Crippen LogP contribution is -2.23. The molecule has 0 aliphatic carbocycles. The Balaban J connectivity index is 2.13. The molecule has 0 saturated carbocycles. The second kappa shape index (κ2) is 6.39. The molecule has 1 amide bonds. The van der Waals surface area contributed by atoms with Crippen molar-refractivity contribution in [2.45, 2.75) is 26.8 Å². The summed E-state index contributed by atoms with van der Waals surface area (Å²) in [7, 11) is 2.00. The van der Waals surface area contributed by atoms with Crippen molar-refractivity contribution in [3.8, 4) is 0 Å². The highest BCUT2D eigenvalue weighted by atomic mass is 16.1. The topological polar surface area (TPSA) is 46.9 Å². The molecule has 0 saturated heterocycles. The minimum atomic E-state index is -0.135. The van der Waals surface area contributed by atoms with Gasteiger partial charge in [0.1, 0.15) is 5.82 Å². The predicted octanol–water partition coefficient (Wildman–Crippen LogP) is 2.51. The van der Waals surface area contributed by atoms with Crippen LogP contribution in [0, 0.1) is 6.92 Å². The van der Waals surface area contributed by atoms with E-state index in [1.54, 1.807) is 6.92 Å². The fourth-order valence-corrected chi connectivity index (χ4v) is 2.12. The van der Waals surface area contributed by atoms with Gasteiger partial charge in [0.2, 0.25) is 5.91 Å². The van der Waals surface area contributed by atoms with Gasteiger partial charge in [0.15, 0.2) is 0 Å². The van der Waals surface area contributed by atoms with Crippen LogP contribution in [-0.2, 0) is 24.8 Å². The van der Waals surface area contributed by atoms with Crippen molar-refractivity contribution in [3.63, 3.8) is 0 Å². The Morgan fingerprint density at radius 3 is 2.62 bits per heavy atom. The third-order valence-corrected chi connectivity index (χ3v) is 3.58. The van der Waals surface area contributed by atoms with Gasteiger partial charge >= 0.3 is 0 Å².